The molecular formula is C32H39N3O9S. The summed E-state index contributed by atoms with van der Waals surface area (Å²) in [6.07, 6.45) is 2.46. The normalized spacial score (nSPS) is 26.7. The molecule has 242 valence electrons. The van der Waals surface area contributed by atoms with Gasteiger partial charge in [0.05, 0.1) is 10.5 Å². The number of carbonyl (C=O) groups is 3. The predicted molar refractivity (Wildman–Crippen MR) is 166 cm³/mol. The van der Waals surface area contributed by atoms with Gasteiger partial charge in [-0.1, -0.05) is 19.9 Å². The molecule has 0 heterocycles. The lowest BCUT2D eigenvalue weighted by Gasteiger charge is -2.50. The van der Waals surface area contributed by atoms with Crippen LogP contribution in [0.3, 0.4) is 0 Å². The van der Waals surface area contributed by atoms with Crippen LogP contribution in [0.25, 0.3) is 5.76 Å². The SMILES string of the molecule is CC1=CCC(C)=C1S(=O)(=O)NCc1cc(N(C)C)c2c(c1O)C(O)=C1C(=O)[C@]3(O)C(O)=C(C(N)=O)C(=O)[C@@H](C(C)C)[C@@H]3C[C@@H]1C2. The summed E-state index contributed by atoms with van der Waals surface area (Å²) in [6.45, 7) is 6.51. The highest BCUT2D eigenvalue weighted by Gasteiger charge is 2.64. The number of fused-ring (bicyclic) bond motifs is 3. The first kappa shape index (κ1) is 32.5. The van der Waals surface area contributed by atoms with E-state index in [0.29, 0.717) is 28.8 Å². The number of phenols is 1. The van der Waals surface area contributed by atoms with E-state index in [0.717, 1.165) is 0 Å². The Morgan fingerprint density at radius 1 is 1.18 bits per heavy atom. The van der Waals surface area contributed by atoms with Gasteiger partial charge in [0, 0.05) is 49.3 Å². The molecular weight excluding hydrogens is 602 g/mol. The monoisotopic (exact) mass is 641 g/mol. The number of ketones is 2. The lowest BCUT2D eigenvalue weighted by atomic mass is 9.54. The molecule has 4 atom stereocenters. The highest BCUT2D eigenvalue weighted by Crippen LogP contribution is 2.55. The Bertz CT molecular complexity index is 1800. The number of benzene rings is 1. The van der Waals surface area contributed by atoms with E-state index >= 15 is 0 Å². The van der Waals surface area contributed by atoms with Crippen molar-refractivity contribution in [2.24, 2.45) is 29.4 Å². The number of rotatable bonds is 7. The molecule has 0 bridgehead atoms. The Labute approximate surface area is 261 Å². The van der Waals surface area contributed by atoms with Crippen LogP contribution in [-0.4, -0.2) is 66.0 Å². The topological polar surface area (TPSA) is 208 Å². The van der Waals surface area contributed by atoms with Gasteiger partial charge in [-0.3, -0.25) is 14.4 Å². The van der Waals surface area contributed by atoms with Gasteiger partial charge >= 0.3 is 0 Å². The van der Waals surface area contributed by atoms with Crippen LogP contribution in [0.15, 0.2) is 45.1 Å². The number of carbonyl (C=O) groups excluding carboxylic acids is 3. The number of hydrogen-bond acceptors (Lipinski definition) is 10. The first-order chi connectivity index (χ1) is 20.9. The number of amides is 1. The van der Waals surface area contributed by atoms with Crippen molar-refractivity contribution >= 4 is 38.9 Å². The van der Waals surface area contributed by atoms with Crippen molar-refractivity contribution in [1.82, 2.24) is 4.72 Å². The molecule has 4 aliphatic carbocycles. The third-order valence-corrected chi connectivity index (χ3v) is 11.4. The zero-order valence-electron chi connectivity index (χ0n) is 26.1. The van der Waals surface area contributed by atoms with Gasteiger partial charge < -0.3 is 31.1 Å². The van der Waals surface area contributed by atoms with Gasteiger partial charge in [-0.05, 0) is 67.7 Å². The molecule has 45 heavy (non-hydrogen) atoms. The summed E-state index contributed by atoms with van der Waals surface area (Å²) in [6, 6.07) is 1.61. The average Bonchev–Trinajstić information content (AvgIpc) is 3.28. The highest BCUT2D eigenvalue weighted by atomic mass is 32.2. The number of sulfonamides is 1. The van der Waals surface area contributed by atoms with E-state index in [1.54, 1.807) is 52.8 Å². The quantitative estimate of drug-likeness (QED) is 0.240. The number of phenolic OH excluding ortho intramolecular Hbond substituents is 1. The van der Waals surface area contributed by atoms with E-state index in [-0.39, 0.29) is 41.0 Å². The summed E-state index contributed by atoms with van der Waals surface area (Å²) < 4.78 is 28.9. The maximum absolute atomic E-state index is 14.2. The number of aromatic hydroxyl groups is 1. The number of primary amides is 1. The molecule has 0 unspecified atom stereocenters. The Balaban J connectivity index is 1.65. The number of aliphatic hydroxyl groups is 3. The summed E-state index contributed by atoms with van der Waals surface area (Å²) >= 11 is 0. The van der Waals surface area contributed by atoms with Crippen molar-refractivity contribution in [2.45, 2.75) is 59.1 Å². The molecule has 12 nitrogen and oxygen atoms in total. The fourth-order valence-electron chi connectivity index (χ4n) is 7.64. The summed E-state index contributed by atoms with van der Waals surface area (Å²) in [5.41, 5.74) is 3.95. The van der Waals surface area contributed by atoms with Crippen molar-refractivity contribution in [3.63, 3.8) is 0 Å². The maximum Gasteiger partial charge on any atom is 0.255 e. The van der Waals surface area contributed by atoms with Gasteiger partial charge in [-0.25, -0.2) is 13.1 Å². The van der Waals surface area contributed by atoms with Gasteiger partial charge in [-0.15, -0.1) is 0 Å². The fourth-order valence-corrected chi connectivity index (χ4v) is 9.17. The van der Waals surface area contributed by atoms with E-state index < -0.39 is 79.6 Å². The van der Waals surface area contributed by atoms with Crippen LogP contribution in [0.2, 0.25) is 0 Å². The Hall–Kier alpha value is -3.94. The van der Waals surface area contributed by atoms with E-state index in [1.807, 2.05) is 6.08 Å². The van der Waals surface area contributed by atoms with Crippen LogP contribution < -0.4 is 15.4 Å². The zero-order valence-corrected chi connectivity index (χ0v) is 26.9. The first-order valence-electron chi connectivity index (χ1n) is 14.8. The smallest absolute Gasteiger partial charge is 0.255 e. The first-order valence-corrected chi connectivity index (χ1v) is 16.2. The molecule has 13 heteroatoms. The predicted octanol–water partition coefficient (Wildman–Crippen LogP) is 2.42. The van der Waals surface area contributed by atoms with E-state index in [4.69, 9.17) is 5.73 Å². The summed E-state index contributed by atoms with van der Waals surface area (Å²) in [5, 5.41) is 46.0. The zero-order chi connectivity index (χ0) is 33.5. The van der Waals surface area contributed by atoms with Crippen molar-refractivity contribution < 1.29 is 43.2 Å². The number of allylic oxidation sites excluding steroid dienone is 3. The average molecular weight is 642 g/mol. The van der Waals surface area contributed by atoms with Gasteiger partial charge in [0.2, 0.25) is 15.8 Å². The Kier molecular flexibility index (Phi) is 7.82. The van der Waals surface area contributed by atoms with E-state index in [2.05, 4.69) is 4.72 Å². The van der Waals surface area contributed by atoms with Crippen molar-refractivity contribution in [1.29, 1.82) is 0 Å². The van der Waals surface area contributed by atoms with Crippen molar-refractivity contribution in [3.8, 4) is 5.75 Å². The molecule has 1 saturated carbocycles. The molecule has 0 radical (unpaired) electrons. The van der Waals surface area contributed by atoms with Gasteiger partial charge in [0.1, 0.15) is 22.8 Å². The number of nitrogens with zero attached hydrogens (tertiary/aromatic N) is 1. The van der Waals surface area contributed by atoms with Crippen LogP contribution in [0.5, 0.6) is 5.75 Å². The van der Waals surface area contributed by atoms with Gasteiger partial charge in [-0.2, -0.15) is 0 Å². The third kappa shape index (κ3) is 4.70. The number of nitrogens with two attached hydrogens (primary N) is 1. The highest BCUT2D eigenvalue weighted by molar-refractivity contribution is 7.93. The summed E-state index contributed by atoms with van der Waals surface area (Å²) in [4.78, 5) is 41.6. The summed E-state index contributed by atoms with van der Waals surface area (Å²) in [7, 11) is -0.466. The molecule has 1 fully saturated rings. The van der Waals surface area contributed by atoms with Crippen LogP contribution in [0.4, 0.5) is 5.69 Å². The largest absolute Gasteiger partial charge is 0.508 e. The van der Waals surface area contributed by atoms with E-state index in [1.165, 1.54) is 0 Å². The Morgan fingerprint density at radius 2 is 1.82 bits per heavy atom. The molecule has 0 spiro atoms. The lowest BCUT2D eigenvalue weighted by molar-refractivity contribution is -0.155. The summed E-state index contributed by atoms with van der Waals surface area (Å²) in [5.74, 6) is -8.63. The minimum absolute atomic E-state index is 0.00226. The van der Waals surface area contributed by atoms with Crippen molar-refractivity contribution in [2.75, 3.05) is 19.0 Å². The lowest BCUT2D eigenvalue weighted by Crippen LogP contribution is -2.62. The molecule has 0 aromatic heterocycles. The van der Waals surface area contributed by atoms with Crippen molar-refractivity contribution in [3.05, 3.63) is 61.8 Å². The minimum Gasteiger partial charge on any atom is -0.508 e. The molecule has 7 N–H and O–H groups in total. The number of aliphatic hydroxyl groups excluding tert-OH is 2. The van der Waals surface area contributed by atoms with Gasteiger partial charge in [0.15, 0.2) is 11.4 Å². The third-order valence-electron chi connectivity index (χ3n) is 9.69. The Morgan fingerprint density at radius 3 is 2.36 bits per heavy atom. The molecule has 1 amide bonds. The number of anilines is 1. The van der Waals surface area contributed by atoms with Crippen LogP contribution in [-0.2, 0) is 37.4 Å². The maximum atomic E-state index is 14.2. The minimum atomic E-state index is -3.95. The van der Waals surface area contributed by atoms with Crippen LogP contribution in [0, 0.1) is 23.7 Å². The molecule has 1 aromatic carbocycles. The number of nitrogens with one attached hydrogen (secondary N) is 1. The molecule has 0 aliphatic heterocycles. The van der Waals surface area contributed by atoms with Crippen LogP contribution >= 0.6 is 0 Å². The second-order valence-electron chi connectivity index (χ2n) is 13.0. The second kappa shape index (κ2) is 10.8. The molecule has 5 rings (SSSR count). The molecule has 4 aliphatic rings. The number of hydrogen-bond donors (Lipinski definition) is 6. The van der Waals surface area contributed by atoms with E-state index in [9.17, 15) is 43.2 Å². The number of Topliss-reactive ketones (excluding diaryl/α,β-unsaturated/α-hetero) is 2. The molecule has 1 aromatic rings. The second-order valence-corrected chi connectivity index (χ2v) is 14.7. The van der Waals surface area contributed by atoms with Crippen LogP contribution in [0.1, 0.15) is 57.2 Å². The molecule has 0 saturated heterocycles. The van der Waals surface area contributed by atoms with Gasteiger partial charge in [0.25, 0.3) is 5.91 Å². The fraction of sp³-hybridized carbons (Fsp3) is 0.469. The standard InChI is InChI=1S/C32H39N3O9S/c1-13(2)21-19-10-16-9-18-20(35(5)6)11-17(12-34-45(43,44)28-14(3)7-8-15(28)4)25(36)23(18)27(38)22(16)29(39)32(19,42)30(40)24(26(21)37)31(33)41/h7,11,13,16,19,21,34,36,38,40,42H,8-10,12H2,1-6H3,(H2,33,41)/t16-,19-,21-,32-/m0/s1.